The highest BCUT2D eigenvalue weighted by Gasteiger charge is 2.28. The zero-order valence-corrected chi connectivity index (χ0v) is 12.5. The van der Waals surface area contributed by atoms with Gasteiger partial charge in [-0.2, -0.15) is 0 Å². The van der Waals surface area contributed by atoms with E-state index < -0.39 is 0 Å². The smallest absolute Gasteiger partial charge is 0.265 e. The Labute approximate surface area is 125 Å². The molecular weight excluding hydrogens is 306 g/mol. The van der Waals surface area contributed by atoms with E-state index >= 15 is 0 Å². The number of hydrogen-bond acceptors (Lipinski definition) is 5. The average Bonchev–Trinajstić information content (AvgIpc) is 2.61. The number of aromatic hydroxyl groups is 1. The van der Waals surface area contributed by atoms with Gasteiger partial charge in [-0.3, -0.25) is 9.69 Å². The number of thiocarbonyl (C=S) groups is 1. The zero-order valence-electron chi connectivity index (χ0n) is 10.1. The SMILES string of the molecule is COc1cc(C=C2SC(=S)N(C)C2=O)cc(Cl)c1O. The second-order valence-corrected chi connectivity index (χ2v) is 5.88. The van der Waals surface area contributed by atoms with Crippen LogP contribution in [0, 0.1) is 0 Å². The molecule has 4 nitrogen and oxygen atoms in total. The summed E-state index contributed by atoms with van der Waals surface area (Å²) in [5.41, 5.74) is 0.661. The molecule has 1 N–H and O–H groups in total. The van der Waals surface area contributed by atoms with Crippen LogP contribution in [-0.4, -0.2) is 34.4 Å². The van der Waals surface area contributed by atoms with Crippen LogP contribution in [0.5, 0.6) is 11.5 Å². The van der Waals surface area contributed by atoms with Crippen LogP contribution in [0.15, 0.2) is 17.0 Å². The molecule has 2 rings (SSSR count). The Hall–Kier alpha value is -1.24. The number of phenolic OH excluding ortho intramolecular Hbond substituents is 1. The standard InChI is InChI=1S/C12H10ClNO3S2/c1-14-11(16)9(19-12(14)18)5-6-3-7(13)10(15)8(4-6)17-2/h3-5,15H,1-2H3. The van der Waals surface area contributed by atoms with E-state index in [2.05, 4.69) is 0 Å². The van der Waals surface area contributed by atoms with Gasteiger partial charge in [-0.25, -0.2) is 0 Å². The number of ether oxygens (including phenoxy) is 1. The van der Waals surface area contributed by atoms with E-state index in [1.165, 1.54) is 23.8 Å². The van der Waals surface area contributed by atoms with Crippen LogP contribution >= 0.6 is 35.6 Å². The Balaban J connectivity index is 2.42. The molecule has 1 aliphatic rings. The Kier molecular flexibility index (Phi) is 4.03. The molecule has 0 aliphatic carbocycles. The maximum atomic E-state index is 11.9. The Morgan fingerprint density at radius 1 is 1.53 bits per heavy atom. The molecule has 1 aromatic carbocycles. The number of thioether (sulfide) groups is 1. The third-order valence-electron chi connectivity index (χ3n) is 2.55. The van der Waals surface area contributed by atoms with E-state index in [0.29, 0.717) is 14.8 Å². The van der Waals surface area contributed by atoms with Crippen molar-refractivity contribution in [2.45, 2.75) is 0 Å². The molecular formula is C12H10ClNO3S2. The van der Waals surface area contributed by atoms with Gasteiger partial charge in [-0.1, -0.05) is 35.6 Å². The summed E-state index contributed by atoms with van der Waals surface area (Å²) >= 11 is 12.2. The van der Waals surface area contributed by atoms with Crippen LogP contribution in [0.25, 0.3) is 6.08 Å². The lowest BCUT2D eigenvalue weighted by atomic mass is 10.2. The number of likely N-dealkylation sites (N-methyl/N-ethyl adjacent to an activating group) is 1. The number of amides is 1. The van der Waals surface area contributed by atoms with Gasteiger partial charge < -0.3 is 9.84 Å². The van der Waals surface area contributed by atoms with Crippen molar-refractivity contribution in [3.8, 4) is 11.5 Å². The fourth-order valence-corrected chi connectivity index (χ4v) is 2.93. The third-order valence-corrected chi connectivity index (χ3v) is 4.33. The van der Waals surface area contributed by atoms with Gasteiger partial charge in [-0.05, 0) is 23.8 Å². The summed E-state index contributed by atoms with van der Waals surface area (Å²) in [5, 5.41) is 9.80. The minimum atomic E-state index is -0.154. The molecule has 7 heteroatoms. The molecule has 0 bridgehead atoms. The van der Waals surface area contributed by atoms with E-state index in [1.54, 1.807) is 25.3 Å². The molecule has 100 valence electrons. The molecule has 1 amide bonds. The van der Waals surface area contributed by atoms with E-state index in [-0.39, 0.29) is 22.4 Å². The van der Waals surface area contributed by atoms with Crippen molar-refractivity contribution in [3.05, 3.63) is 27.6 Å². The fraction of sp³-hybridized carbons (Fsp3) is 0.167. The highest BCUT2D eigenvalue weighted by atomic mass is 35.5. The fourth-order valence-electron chi connectivity index (χ4n) is 1.53. The minimum Gasteiger partial charge on any atom is -0.503 e. The predicted molar refractivity (Wildman–Crippen MR) is 80.6 cm³/mol. The highest BCUT2D eigenvalue weighted by Crippen LogP contribution is 2.37. The van der Waals surface area contributed by atoms with Crippen LogP contribution in [0.1, 0.15) is 5.56 Å². The summed E-state index contributed by atoms with van der Waals surface area (Å²) in [5.74, 6) is -0.0201. The molecule has 1 aromatic rings. The van der Waals surface area contributed by atoms with Crippen molar-refractivity contribution in [1.82, 2.24) is 4.90 Å². The number of rotatable bonds is 2. The van der Waals surface area contributed by atoms with Crippen LogP contribution in [0.4, 0.5) is 0 Å². The monoisotopic (exact) mass is 315 g/mol. The first-order chi connectivity index (χ1) is 8.93. The Bertz CT molecular complexity index is 601. The molecule has 1 fully saturated rings. The largest absolute Gasteiger partial charge is 0.503 e. The van der Waals surface area contributed by atoms with Crippen molar-refractivity contribution >= 4 is 51.9 Å². The molecule has 0 aromatic heterocycles. The highest BCUT2D eigenvalue weighted by molar-refractivity contribution is 8.26. The van der Waals surface area contributed by atoms with Gasteiger partial charge in [0.25, 0.3) is 5.91 Å². The third kappa shape index (κ3) is 2.70. The van der Waals surface area contributed by atoms with Gasteiger partial charge in [0.05, 0.1) is 17.0 Å². The number of halogens is 1. The summed E-state index contributed by atoms with van der Waals surface area (Å²) in [7, 11) is 3.06. The summed E-state index contributed by atoms with van der Waals surface area (Å²) < 4.78 is 5.52. The lowest BCUT2D eigenvalue weighted by Gasteiger charge is -2.06. The molecule has 1 saturated heterocycles. The normalized spacial score (nSPS) is 17.4. The number of carbonyl (C=O) groups excluding carboxylic acids is 1. The number of nitrogens with zero attached hydrogens (tertiary/aromatic N) is 1. The Morgan fingerprint density at radius 3 is 2.74 bits per heavy atom. The predicted octanol–water partition coefficient (Wildman–Crippen LogP) is 2.89. The quantitative estimate of drug-likeness (QED) is 0.672. The molecule has 0 atom stereocenters. The lowest BCUT2D eigenvalue weighted by Crippen LogP contribution is -2.22. The summed E-state index contributed by atoms with van der Waals surface area (Å²) in [6.07, 6.45) is 1.66. The molecule has 0 unspecified atom stereocenters. The maximum absolute atomic E-state index is 11.9. The van der Waals surface area contributed by atoms with Gasteiger partial charge in [0.15, 0.2) is 11.5 Å². The second kappa shape index (κ2) is 5.40. The molecule has 1 aliphatic heterocycles. The second-order valence-electron chi connectivity index (χ2n) is 3.79. The van der Waals surface area contributed by atoms with Gasteiger partial charge >= 0.3 is 0 Å². The van der Waals surface area contributed by atoms with Crippen molar-refractivity contribution in [1.29, 1.82) is 0 Å². The van der Waals surface area contributed by atoms with Crippen molar-refractivity contribution in [2.75, 3.05) is 14.2 Å². The van der Waals surface area contributed by atoms with E-state index in [9.17, 15) is 9.90 Å². The number of carbonyl (C=O) groups is 1. The first-order valence-electron chi connectivity index (χ1n) is 5.22. The molecule has 0 radical (unpaired) electrons. The summed E-state index contributed by atoms with van der Waals surface area (Å²) in [6, 6.07) is 3.16. The van der Waals surface area contributed by atoms with Crippen LogP contribution in [0.2, 0.25) is 5.02 Å². The lowest BCUT2D eigenvalue weighted by molar-refractivity contribution is -0.121. The summed E-state index contributed by atoms with van der Waals surface area (Å²) in [4.78, 5) is 13.8. The van der Waals surface area contributed by atoms with Gasteiger partial charge in [0.1, 0.15) is 4.32 Å². The van der Waals surface area contributed by atoms with Crippen LogP contribution < -0.4 is 4.74 Å². The minimum absolute atomic E-state index is 0.121. The van der Waals surface area contributed by atoms with E-state index in [4.69, 9.17) is 28.6 Å². The number of benzene rings is 1. The van der Waals surface area contributed by atoms with Crippen LogP contribution in [0.3, 0.4) is 0 Å². The molecule has 1 heterocycles. The van der Waals surface area contributed by atoms with Crippen molar-refractivity contribution in [3.63, 3.8) is 0 Å². The van der Waals surface area contributed by atoms with Crippen molar-refractivity contribution in [2.24, 2.45) is 0 Å². The number of phenols is 1. The first-order valence-corrected chi connectivity index (χ1v) is 6.82. The van der Waals surface area contributed by atoms with E-state index in [0.717, 1.165) is 0 Å². The topological polar surface area (TPSA) is 49.8 Å². The Morgan fingerprint density at radius 2 is 2.21 bits per heavy atom. The maximum Gasteiger partial charge on any atom is 0.265 e. The van der Waals surface area contributed by atoms with Gasteiger partial charge in [0, 0.05) is 7.05 Å². The van der Waals surface area contributed by atoms with Gasteiger partial charge in [0.2, 0.25) is 0 Å². The average molecular weight is 316 g/mol. The number of hydrogen-bond donors (Lipinski definition) is 1. The zero-order chi connectivity index (χ0) is 14.2. The van der Waals surface area contributed by atoms with Crippen LogP contribution in [-0.2, 0) is 4.79 Å². The molecule has 0 saturated carbocycles. The van der Waals surface area contributed by atoms with E-state index in [1.807, 2.05) is 0 Å². The van der Waals surface area contributed by atoms with Gasteiger partial charge in [-0.15, -0.1) is 0 Å². The number of methoxy groups -OCH3 is 1. The van der Waals surface area contributed by atoms with Crippen molar-refractivity contribution < 1.29 is 14.6 Å². The molecule has 19 heavy (non-hydrogen) atoms. The molecule has 0 spiro atoms. The summed E-state index contributed by atoms with van der Waals surface area (Å²) in [6.45, 7) is 0. The first kappa shape index (κ1) is 14.2.